The quantitative estimate of drug-likeness (QED) is 0.906. The first-order chi connectivity index (χ1) is 8.47. The highest BCUT2D eigenvalue weighted by Crippen LogP contribution is 2.08. The van der Waals surface area contributed by atoms with Gasteiger partial charge >= 0.3 is 0 Å². The van der Waals surface area contributed by atoms with Crippen LogP contribution in [-0.2, 0) is 11.3 Å². The molecule has 0 saturated heterocycles. The van der Waals surface area contributed by atoms with Crippen LogP contribution in [0.1, 0.15) is 32.3 Å². The summed E-state index contributed by atoms with van der Waals surface area (Å²) in [6, 6.07) is 1.93. The molecular weight excluding hydrogens is 296 g/mol. The lowest BCUT2D eigenvalue weighted by Gasteiger charge is -2.15. The van der Waals surface area contributed by atoms with Gasteiger partial charge in [0.05, 0.1) is 0 Å². The molecule has 0 saturated carbocycles. The van der Waals surface area contributed by atoms with Gasteiger partial charge in [-0.1, -0.05) is 13.8 Å². The zero-order chi connectivity index (χ0) is 13.7. The van der Waals surface area contributed by atoms with E-state index in [4.69, 9.17) is 0 Å². The molecule has 0 atom stereocenters. The minimum atomic E-state index is -0.127. The number of pyridine rings is 1. The zero-order valence-electron chi connectivity index (χ0n) is 11.0. The van der Waals surface area contributed by atoms with Crippen molar-refractivity contribution in [2.75, 3.05) is 0 Å². The summed E-state index contributed by atoms with van der Waals surface area (Å²) >= 11 is 3.32. The third-order valence-corrected chi connectivity index (χ3v) is 3.33. The van der Waals surface area contributed by atoms with Gasteiger partial charge in [0.1, 0.15) is 6.54 Å². The molecule has 0 aliphatic heterocycles. The Morgan fingerprint density at radius 3 is 2.61 bits per heavy atom. The summed E-state index contributed by atoms with van der Waals surface area (Å²) in [4.78, 5) is 23.7. The van der Waals surface area contributed by atoms with Crippen LogP contribution in [0.5, 0.6) is 0 Å². The molecule has 0 aliphatic rings. The topological polar surface area (TPSA) is 51.1 Å². The van der Waals surface area contributed by atoms with E-state index in [-0.39, 0.29) is 24.1 Å². The molecule has 1 heterocycles. The van der Waals surface area contributed by atoms with Crippen molar-refractivity contribution in [3.05, 3.63) is 32.7 Å². The Balaban J connectivity index is 2.79. The first-order valence-corrected chi connectivity index (χ1v) is 6.93. The second-order valence-electron chi connectivity index (χ2n) is 4.36. The lowest BCUT2D eigenvalue weighted by Crippen LogP contribution is -2.38. The average Bonchev–Trinajstić information content (AvgIpc) is 2.32. The predicted octanol–water partition coefficient (Wildman–Crippen LogP) is 2.22. The highest BCUT2D eigenvalue weighted by Gasteiger charge is 2.10. The maximum Gasteiger partial charge on any atom is 0.253 e. The van der Waals surface area contributed by atoms with Crippen LogP contribution in [0.2, 0.25) is 0 Å². The summed E-state index contributed by atoms with van der Waals surface area (Å²) in [5.41, 5.74) is 0.498. The highest BCUT2D eigenvalue weighted by atomic mass is 79.9. The van der Waals surface area contributed by atoms with Crippen LogP contribution in [0.3, 0.4) is 0 Å². The molecule has 1 N–H and O–H groups in total. The van der Waals surface area contributed by atoms with Gasteiger partial charge in [-0.15, -0.1) is 0 Å². The number of aromatic nitrogens is 1. The van der Waals surface area contributed by atoms with Crippen LogP contribution in [0.15, 0.2) is 21.5 Å². The van der Waals surface area contributed by atoms with Crippen molar-refractivity contribution in [3.63, 3.8) is 0 Å². The van der Waals surface area contributed by atoms with Crippen molar-refractivity contribution in [2.24, 2.45) is 0 Å². The van der Waals surface area contributed by atoms with Gasteiger partial charge in [0.25, 0.3) is 5.56 Å². The number of amides is 1. The number of carbonyl (C=O) groups is 1. The Morgan fingerprint density at radius 1 is 1.44 bits per heavy atom. The van der Waals surface area contributed by atoms with Gasteiger partial charge < -0.3 is 9.88 Å². The largest absolute Gasteiger partial charge is 0.352 e. The Kier molecular flexibility index (Phi) is 5.59. The monoisotopic (exact) mass is 314 g/mol. The second-order valence-corrected chi connectivity index (χ2v) is 5.27. The lowest BCUT2D eigenvalue weighted by molar-refractivity contribution is -0.122. The van der Waals surface area contributed by atoms with E-state index in [2.05, 4.69) is 21.2 Å². The second kappa shape index (κ2) is 6.73. The molecule has 1 amide bonds. The van der Waals surface area contributed by atoms with Gasteiger partial charge in [0, 0.05) is 22.3 Å². The fraction of sp³-hybridized carbons (Fsp3) is 0.538. The van der Waals surface area contributed by atoms with Gasteiger partial charge in [-0.2, -0.15) is 0 Å². The first-order valence-electron chi connectivity index (χ1n) is 6.13. The normalized spacial score (nSPS) is 10.7. The van der Waals surface area contributed by atoms with Crippen LogP contribution >= 0.6 is 15.9 Å². The number of nitrogens with zero attached hydrogens (tertiary/aromatic N) is 1. The fourth-order valence-corrected chi connectivity index (χ4v) is 2.37. The number of halogens is 1. The van der Waals surface area contributed by atoms with Crippen molar-refractivity contribution in [1.82, 2.24) is 9.88 Å². The number of nitrogens with one attached hydrogen (secondary N) is 1. The van der Waals surface area contributed by atoms with E-state index in [0.717, 1.165) is 17.3 Å². The maximum absolute atomic E-state index is 11.8. The van der Waals surface area contributed by atoms with E-state index in [1.54, 1.807) is 19.2 Å². The summed E-state index contributed by atoms with van der Waals surface area (Å²) in [5, 5.41) is 2.92. The van der Waals surface area contributed by atoms with E-state index >= 15 is 0 Å². The number of aryl methyl sites for hydroxylation is 1. The molecule has 4 nitrogen and oxygen atoms in total. The highest BCUT2D eigenvalue weighted by molar-refractivity contribution is 9.10. The molecule has 0 radical (unpaired) electrons. The van der Waals surface area contributed by atoms with E-state index in [1.807, 2.05) is 13.8 Å². The van der Waals surface area contributed by atoms with E-state index in [1.165, 1.54) is 4.57 Å². The maximum atomic E-state index is 11.8. The van der Waals surface area contributed by atoms with Crippen molar-refractivity contribution >= 4 is 21.8 Å². The molecule has 1 aromatic rings. The van der Waals surface area contributed by atoms with Crippen LogP contribution in [0.25, 0.3) is 0 Å². The number of rotatable bonds is 5. The molecule has 0 bridgehead atoms. The van der Waals surface area contributed by atoms with E-state index in [9.17, 15) is 9.59 Å². The standard InChI is InChI=1S/C13H19BrN2O2/c1-4-11(5-2)15-12(17)8-16-7-10(14)6-9(3)13(16)18/h6-7,11H,4-5,8H2,1-3H3,(H,15,17). The molecule has 1 aromatic heterocycles. The molecule has 1 rings (SSSR count). The van der Waals surface area contributed by atoms with Gasteiger partial charge in [0.2, 0.25) is 5.91 Å². The van der Waals surface area contributed by atoms with Crippen molar-refractivity contribution < 1.29 is 4.79 Å². The van der Waals surface area contributed by atoms with Crippen molar-refractivity contribution in [2.45, 2.75) is 46.2 Å². The molecule has 0 spiro atoms. The molecule has 100 valence electrons. The van der Waals surface area contributed by atoms with Gasteiger partial charge in [-0.05, 0) is 41.8 Å². The van der Waals surface area contributed by atoms with Gasteiger partial charge in [-0.3, -0.25) is 9.59 Å². The van der Waals surface area contributed by atoms with Gasteiger partial charge in [-0.25, -0.2) is 0 Å². The minimum absolute atomic E-state index is 0.0651. The SMILES string of the molecule is CCC(CC)NC(=O)Cn1cc(Br)cc(C)c1=O. The molecule has 5 heteroatoms. The van der Waals surface area contributed by atoms with Crippen molar-refractivity contribution in [3.8, 4) is 0 Å². The molecule has 0 unspecified atom stereocenters. The van der Waals surface area contributed by atoms with E-state index in [0.29, 0.717) is 5.56 Å². The molecule has 0 aromatic carbocycles. The fourth-order valence-electron chi connectivity index (χ4n) is 1.78. The summed E-state index contributed by atoms with van der Waals surface area (Å²) in [6.45, 7) is 5.87. The minimum Gasteiger partial charge on any atom is -0.352 e. The summed E-state index contributed by atoms with van der Waals surface area (Å²) in [6.07, 6.45) is 3.44. The van der Waals surface area contributed by atoms with Gasteiger partial charge in [0.15, 0.2) is 0 Å². The van der Waals surface area contributed by atoms with Crippen LogP contribution in [0, 0.1) is 6.92 Å². The molecule has 0 aliphatic carbocycles. The Labute approximate surface area is 116 Å². The Hall–Kier alpha value is -1.10. The number of hydrogen-bond donors (Lipinski definition) is 1. The predicted molar refractivity (Wildman–Crippen MR) is 75.7 cm³/mol. The molecular formula is C13H19BrN2O2. The third kappa shape index (κ3) is 3.98. The van der Waals surface area contributed by atoms with Crippen LogP contribution in [-0.4, -0.2) is 16.5 Å². The van der Waals surface area contributed by atoms with E-state index < -0.39 is 0 Å². The number of carbonyl (C=O) groups excluding carboxylic acids is 1. The summed E-state index contributed by atoms with van der Waals surface area (Å²) in [5.74, 6) is -0.122. The van der Waals surface area contributed by atoms with Crippen LogP contribution in [0.4, 0.5) is 0 Å². The number of hydrogen-bond acceptors (Lipinski definition) is 2. The molecule has 18 heavy (non-hydrogen) atoms. The summed E-state index contributed by atoms with van der Waals surface area (Å²) in [7, 11) is 0. The Bertz CT molecular complexity index is 478. The zero-order valence-corrected chi connectivity index (χ0v) is 12.6. The van der Waals surface area contributed by atoms with Crippen LogP contribution < -0.4 is 10.9 Å². The lowest BCUT2D eigenvalue weighted by atomic mass is 10.2. The molecule has 0 fully saturated rings. The smallest absolute Gasteiger partial charge is 0.253 e. The summed E-state index contributed by atoms with van der Waals surface area (Å²) < 4.78 is 2.23. The first kappa shape index (κ1) is 15.0. The Morgan fingerprint density at radius 2 is 2.06 bits per heavy atom. The average molecular weight is 315 g/mol. The van der Waals surface area contributed by atoms with Crippen molar-refractivity contribution in [1.29, 1.82) is 0 Å². The third-order valence-electron chi connectivity index (χ3n) is 2.90.